The van der Waals surface area contributed by atoms with E-state index < -0.39 is 0 Å². The van der Waals surface area contributed by atoms with Crippen LogP contribution in [-0.4, -0.2) is 43.4 Å². The van der Waals surface area contributed by atoms with Gasteiger partial charge in [-0.05, 0) is 12.0 Å². The number of rotatable bonds is 5. The predicted octanol–water partition coefficient (Wildman–Crippen LogP) is 1.23. The number of nitrogens with one attached hydrogen (secondary N) is 1. The third-order valence-electron chi connectivity index (χ3n) is 3.62. The number of nitrogens with zero attached hydrogens (tertiary/aromatic N) is 2. The highest BCUT2D eigenvalue weighted by Crippen LogP contribution is 2.17. The fourth-order valence-electron chi connectivity index (χ4n) is 2.44. The molecule has 0 aromatic heterocycles. The number of nitrogens with two attached hydrogens (primary N) is 1. The summed E-state index contributed by atoms with van der Waals surface area (Å²) in [7, 11) is 1.65. The first-order chi connectivity index (χ1) is 9.69. The molecule has 1 aromatic carbocycles. The summed E-state index contributed by atoms with van der Waals surface area (Å²) >= 11 is 0. The average molecular weight is 402 g/mol. The Morgan fingerprint density at radius 3 is 2.81 bits per heavy atom. The standard InChI is InChI=1S/C15H22N4O.HI/c1-17-15(16)18-10-13-9-14(20)19(11-13)8-7-12-5-3-2-4-6-12;/h2-6,13H,7-11H2,1H3,(H3,16,17,18);1H. The number of hydrogen-bond donors (Lipinski definition) is 2. The maximum Gasteiger partial charge on any atom is 0.223 e. The fourth-order valence-corrected chi connectivity index (χ4v) is 2.44. The van der Waals surface area contributed by atoms with E-state index in [0.29, 0.717) is 24.8 Å². The minimum atomic E-state index is 0. The lowest BCUT2D eigenvalue weighted by atomic mass is 10.1. The van der Waals surface area contributed by atoms with E-state index in [1.807, 2.05) is 23.1 Å². The molecule has 1 aromatic rings. The number of carbonyl (C=O) groups is 1. The smallest absolute Gasteiger partial charge is 0.223 e. The quantitative estimate of drug-likeness (QED) is 0.442. The van der Waals surface area contributed by atoms with E-state index in [1.54, 1.807) is 7.05 Å². The van der Waals surface area contributed by atoms with Crippen LogP contribution >= 0.6 is 24.0 Å². The van der Waals surface area contributed by atoms with Crippen molar-refractivity contribution < 1.29 is 4.79 Å². The highest BCUT2D eigenvalue weighted by Gasteiger charge is 2.28. The van der Waals surface area contributed by atoms with Gasteiger partial charge in [0, 0.05) is 39.0 Å². The van der Waals surface area contributed by atoms with Gasteiger partial charge >= 0.3 is 0 Å². The number of aliphatic imine (C=N–C) groups is 1. The lowest BCUT2D eigenvalue weighted by Gasteiger charge is -2.17. The SMILES string of the molecule is CN=C(N)NCC1CC(=O)N(CCc2ccccc2)C1.I. The van der Waals surface area contributed by atoms with Crippen LogP contribution in [0.15, 0.2) is 35.3 Å². The van der Waals surface area contributed by atoms with Crippen molar-refractivity contribution in [3.63, 3.8) is 0 Å². The summed E-state index contributed by atoms with van der Waals surface area (Å²) in [5.74, 6) is 0.985. The molecule has 6 heteroatoms. The molecule has 1 heterocycles. The summed E-state index contributed by atoms with van der Waals surface area (Å²) in [6.07, 6.45) is 1.50. The molecule has 0 bridgehead atoms. The molecule has 1 aliphatic rings. The molecule has 1 aliphatic heterocycles. The molecule has 0 saturated carbocycles. The molecule has 1 fully saturated rings. The number of amides is 1. The number of likely N-dealkylation sites (tertiary alicyclic amines) is 1. The van der Waals surface area contributed by atoms with Crippen molar-refractivity contribution in [2.45, 2.75) is 12.8 Å². The van der Waals surface area contributed by atoms with Gasteiger partial charge in [-0.3, -0.25) is 9.79 Å². The Morgan fingerprint density at radius 1 is 1.43 bits per heavy atom. The van der Waals surface area contributed by atoms with Crippen molar-refractivity contribution in [3.8, 4) is 0 Å². The van der Waals surface area contributed by atoms with Crippen molar-refractivity contribution in [2.75, 3.05) is 26.7 Å². The van der Waals surface area contributed by atoms with Gasteiger partial charge < -0.3 is 16.0 Å². The van der Waals surface area contributed by atoms with Crippen molar-refractivity contribution >= 4 is 35.8 Å². The molecular weight excluding hydrogens is 379 g/mol. The predicted molar refractivity (Wildman–Crippen MR) is 95.8 cm³/mol. The third-order valence-corrected chi connectivity index (χ3v) is 3.62. The van der Waals surface area contributed by atoms with Crippen LogP contribution in [0.1, 0.15) is 12.0 Å². The summed E-state index contributed by atoms with van der Waals surface area (Å²) < 4.78 is 0. The lowest BCUT2D eigenvalue weighted by Crippen LogP contribution is -2.36. The molecule has 0 spiro atoms. The van der Waals surface area contributed by atoms with E-state index in [4.69, 9.17) is 5.73 Å². The van der Waals surface area contributed by atoms with Gasteiger partial charge in [0.15, 0.2) is 5.96 Å². The molecule has 5 nitrogen and oxygen atoms in total. The van der Waals surface area contributed by atoms with Crippen molar-refractivity contribution in [1.82, 2.24) is 10.2 Å². The number of benzene rings is 1. The first-order valence-corrected chi connectivity index (χ1v) is 6.97. The Balaban J connectivity index is 0.00000220. The second kappa shape index (κ2) is 8.86. The zero-order valence-electron chi connectivity index (χ0n) is 12.3. The maximum atomic E-state index is 12.0. The second-order valence-corrected chi connectivity index (χ2v) is 5.14. The van der Waals surface area contributed by atoms with Crippen LogP contribution < -0.4 is 11.1 Å². The molecule has 0 radical (unpaired) electrons. The number of hydrogen-bond acceptors (Lipinski definition) is 2. The molecule has 1 amide bonds. The van der Waals surface area contributed by atoms with Crippen LogP contribution in [0.2, 0.25) is 0 Å². The summed E-state index contributed by atoms with van der Waals surface area (Å²) in [6, 6.07) is 10.3. The van der Waals surface area contributed by atoms with E-state index in [2.05, 4.69) is 22.4 Å². The minimum absolute atomic E-state index is 0. The van der Waals surface area contributed by atoms with Gasteiger partial charge in [-0.1, -0.05) is 30.3 Å². The van der Waals surface area contributed by atoms with Gasteiger partial charge in [-0.25, -0.2) is 0 Å². The van der Waals surface area contributed by atoms with Gasteiger partial charge in [0.05, 0.1) is 0 Å². The van der Waals surface area contributed by atoms with E-state index in [9.17, 15) is 4.79 Å². The molecule has 1 saturated heterocycles. The topological polar surface area (TPSA) is 70.7 Å². The van der Waals surface area contributed by atoms with Crippen LogP contribution in [0.25, 0.3) is 0 Å². The number of guanidine groups is 1. The largest absolute Gasteiger partial charge is 0.370 e. The van der Waals surface area contributed by atoms with E-state index in [0.717, 1.165) is 19.5 Å². The summed E-state index contributed by atoms with van der Waals surface area (Å²) in [6.45, 7) is 2.29. The normalized spacial score (nSPS) is 18.5. The van der Waals surface area contributed by atoms with Gasteiger partial charge in [-0.15, -0.1) is 24.0 Å². The zero-order chi connectivity index (χ0) is 14.4. The molecule has 1 unspecified atom stereocenters. The van der Waals surface area contributed by atoms with Gasteiger partial charge in [0.2, 0.25) is 5.91 Å². The Morgan fingerprint density at radius 2 is 2.14 bits per heavy atom. The Labute approximate surface area is 143 Å². The zero-order valence-corrected chi connectivity index (χ0v) is 14.6. The first kappa shape index (κ1) is 17.7. The molecule has 1 atom stereocenters. The van der Waals surface area contributed by atoms with E-state index in [-0.39, 0.29) is 29.9 Å². The van der Waals surface area contributed by atoms with Crippen molar-refractivity contribution in [3.05, 3.63) is 35.9 Å². The highest BCUT2D eigenvalue weighted by molar-refractivity contribution is 14.0. The van der Waals surface area contributed by atoms with Crippen LogP contribution in [0, 0.1) is 5.92 Å². The monoisotopic (exact) mass is 402 g/mol. The summed E-state index contributed by atoms with van der Waals surface area (Å²) in [4.78, 5) is 17.7. The van der Waals surface area contributed by atoms with E-state index in [1.165, 1.54) is 5.56 Å². The molecule has 116 valence electrons. The molecule has 3 N–H and O–H groups in total. The van der Waals surface area contributed by atoms with Gasteiger partial charge in [0.25, 0.3) is 0 Å². The van der Waals surface area contributed by atoms with E-state index >= 15 is 0 Å². The molecule has 21 heavy (non-hydrogen) atoms. The molecular formula is C15H23IN4O. The second-order valence-electron chi connectivity index (χ2n) is 5.14. The third kappa shape index (κ3) is 5.53. The van der Waals surface area contributed by atoms with Crippen molar-refractivity contribution in [1.29, 1.82) is 0 Å². The van der Waals surface area contributed by atoms with Crippen LogP contribution in [0.5, 0.6) is 0 Å². The van der Waals surface area contributed by atoms with Gasteiger partial charge in [0.1, 0.15) is 0 Å². The Kier molecular flexibility index (Phi) is 7.49. The molecule has 0 aliphatic carbocycles. The Bertz CT molecular complexity index is 478. The molecule has 2 rings (SSSR count). The fraction of sp³-hybridized carbons (Fsp3) is 0.467. The van der Waals surface area contributed by atoms with Crippen LogP contribution in [-0.2, 0) is 11.2 Å². The van der Waals surface area contributed by atoms with Crippen molar-refractivity contribution in [2.24, 2.45) is 16.6 Å². The maximum absolute atomic E-state index is 12.0. The Hall–Kier alpha value is -1.31. The summed E-state index contributed by atoms with van der Waals surface area (Å²) in [5, 5.41) is 3.04. The van der Waals surface area contributed by atoms with Crippen LogP contribution in [0.4, 0.5) is 0 Å². The van der Waals surface area contributed by atoms with Gasteiger partial charge in [-0.2, -0.15) is 0 Å². The number of carbonyl (C=O) groups excluding carboxylic acids is 1. The number of halogens is 1. The summed E-state index contributed by atoms with van der Waals surface area (Å²) in [5.41, 5.74) is 6.86. The first-order valence-electron chi connectivity index (χ1n) is 6.97. The highest BCUT2D eigenvalue weighted by atomic mass is 127. The average Bonchev–Trinajstić information content (AvgIpc) is 2.84. The minimum Gasteiger partial charge on any atom is -0.370 e. The lowest BCUT2D eigenvalue weighted by molar-refractivity contribution is -0.127. The van der Waals surface area contributed by atoms with Crippen LogP contribution in [0.3, 0.4) is 0 Å².